The van der Waals surface area contributed by atoms with Crippen LogP contribution in [0.1, 0.15) is 68.1 Å². The van der Waals surface area contributed by atoms with Crippen molar-refractivity contribution < 1.29 is 14.2 Å². The van der Waals surface area contributed by atoms with Crippen molar-refractivity contribution in [3.05, 3.63) is 53.1 Å². The van der Waals surface area contributed by atoms with Crippen molar-refractivity contribution in [2.75, 3.05) is 39.2 Å². The lowest BCUT2D eigenvalue weighted by Gasteiger charge is -2.74. The number of benzene rings is 2. The first-order chi connectivity index (χ1) is 18.1. The van der Waals surface area contributed by atoms with Crippen molar-refractivity contribution >= 4 is 5.69 Å². The van der Waals surface area contributed by atoms with Crippen LogP contribution in [-0.4, -0.2) is 56.5 Å². The highest BCUT2D eigenvalue weighted by Crippen LogP contribution is 2.78. The average Bonchev–Trinajstić information content (AvgIpc) is 3.67. The van der Waals surface area contributed by atoms with Crippen molar-refractivity contribution in [1.29, 1.82) is 0 Å². The number of methoxy groups -OCH3 is 2. The van der Waals surface area contributed by atoms with Crippen molar-refractivity contribution in [3.8, 4) is 11.5 Å². The SMILES string of the molecule is CCNc1ccc([C@H]2C[C@@]34CC[C@]2(OC)[C@@H]2Oc5c(OC)ccc6c5[C@@]23CCN(CC2CC2)[C@@H]4C6)cc1. The Hall–Kier alpha value is -2.24. The zero-order chi connectivity index (χ0) is 25.0. The van der Waals surface area contributed by atoms with Gasteiger partial charge in [-0.1, -0.05) is 18.2 Å². The lowest BCUT2D eigenvalue weighted by atomic mass is 9.34. The molecule has 5 heteroatoms. The van der Waals surface area contributed by atoms with Crippen LogP contribution in [0.5, 0.6) is 11.5 Å². The normalized spacial score (nSPS) is 38.7. The molecule has 2 heterocycles. The van der Waals surface area contributed by atoms with E-state index in [9.17, 15) is 0 Å². The molecular formula is C32H40N2O3. The first kappa shape index (κ1) is 22.7. The summed E-state index contributed by atoms with van der Waals surface area (Å²) in [4.78, 5) is 2.92. The topological polar surface area (TPSA) is 43.0 Å². The van der Waals surface area contributed by atoms with E-state index in [1.807, 2.05) is 7.11 Å². The molecular weight excluding hydrogens is 460 g/mol. The van der Waals surface area contributed by atoms with Gasteiger partial charge in [0.1, 0.15) is 11.7 Å². The predicted octanol–water partition coefficient (Wildman–Crippen LogP) is 5.52. The third-order valence-electron chi connectivity index (χ3n) is 11.6. The fourth-order valence-electron chi connectivity index (χ4n) is 9.97. The van der Waals surface area contributed by atoms with Crippen LogP contribution in [0.15, 0.2) is 36.4 Å². The lowest BCUT2D eigenvalue weighted by Crippen LogP contribution is -2.80. The lowest BCUT2D eigenvalue weighted by molar-refractivity contribution is -0.261. The highest BCUT2D eigenvalue weighted by atomic mass is 16.6. The summed E-state index contributed by atoms with van der Waals surface area (Å²) in [5.74, 6) is 3.16. The molecule has 1 saturated heterocycles. The Morgan fingerprint density at radius 3 is 2.62 bits per heavy atom. The Labute approximate surface area is 220 Å². The molecule has 6 atom stereocenters. The van der Waals surface area contributed by atoms with E-state index in [0.717, 1.165) is 36.8 Å². The Bertz CT molecular complexity index is 1240. The maximum absolute atomic E-state index is 7.19. The summed E-state index contributed by atoms with van der Waals surface area (Å²) in [5, 5.41) is 3.47. The first-order valence-electron chi connectivity index (χ1n) is 14.6. The van der Waals surface area contributed by atoms with E-state index in [2.05, 4.69) is 53.5 Å². The first-order valence-corrected chi connectivity index (χ1v) is 14.6. The van der Waals surface area contributed by atoms with E-state index >= 15 is 0 Å². The number of hydrogen-bond acceptors (Lipinski definition) is 5. The maximum Gasteiger partial charge on any atom is 0.165 e. The van der Waals surface area contributed by atoms with Gasteiger partial charge in [-0.05, 0) is 93.7 Å². The number of hydrogen-bond donors (Lipinski definition) is 1. The standard InChI is InChI=1S/C32H40N2O3/c1-4-33-23-10-7-21(8-11-23)24-18-30-13-14-32(24,36-3)29-31(30)15-16-34(19-20-5-6-20)26(30)17-22-9-12-25(35-2)28(37-29)27(22)31/h7-12,20,24,26,29,33H,4-6,13-19H2,1-3H3/t24-,26-,29-,30-,31+,32-/m1/s1. The zero-order valence-electron chi connectivity index (χ0n) is 22.5. The summed E-state index contributed by atoms with van der Waals surface area (Å²) in [6, 6.07) is 14.3. The molecule has 2 aliphatic heterocycles. The number of nitrogens with zero attached hydrogens (tertiary/aromatic N) is 1. The molecule has 0 radical (unpaired) electrons. The van der Waals surface area contributed by atoms with Crippen LogP contribution in [0, 0.1) is 11.3 Å². The molecule has 37 heavy (non-hydrogen) atoms. The molecule has 2 spiro atoms. The molecule has 4 saturated carbocycles. The highest BCUT2D eigenvalue weighted by molar-refractivity contribution is 5.64. The van der Waals surface area contributed by atoms with Gasteiger partial charge in [0.2, 0.25) is 0 Å². The van der Waals surface area contributed by atoms with Gasteiger partial charge in [0, 0.05) is 54.2 Å². The summed E-state index contributed by atoms with van der Waals surface area (Å²) in [6.07, 6.45) is 8.65. The number of rotatable bonds is 7. The molecule has 9 rings (SSSR count). The minimum Gasteiger partial charge on any atom is -0.493 e. The van der Waals surface area contributed by atoms with Gasteiger partial charge < -0.3 is 19.5 Å². The summed E-state index contributed by atoms with van der Waals surface area (Å²) in [7, 11) is 3.73. The Morgan fingerprint density at radius 1 is 1.05 bits per heavy atom. The Kier molecular flexibility index (Phi) is 4.71. The van der Waals surface area contributed by atoms with Gasteiger partial charge in [0.05, 0.1) is 7.11 Å². The van der Waals surface area contributed by atoms with E-state index in [1.165, 1.54) is 67.6 Å². The minimum absolute atomic E-state index is 0.0175. The predicted molar refractivity (Wildman–Crippen MR) is 145 cm³/mol. The smallest absolute Gasteiger partial charge is 0.165 e. The van der Waals surface area contributed by atoms with Crippen LogP contribution in [0.4, 0.5) is 5.69 Å². The number of likely N-dealkylation sites (tertiary alicyclic amines) is 1. The zero-order valence-corrected chi connectivity index (χ0v) is 22.5. The molecule has 196 valence electrons. The fraction of sp³-hybridized carbons (Fsp3) is 0.625. The third kappa shape index (κ3) is 2.68. The Morgan fingerprint density at radius 2 is 1.89 bits per heavy atom. The average molecular weight is 501 g/mol. The minimum atomic E-state index is -0.330. The van der Waals surface area contributed by atoms with E-state index in [0.29, 0.717) is 12.0 Å². The van der Waals surface area contributed by atoms with Gasteiger partial charge in [0.15, 0.2) is 11.5 Å². The van der Waals surface area contributed by atoms with Crippen molar-refractivity contribution in [1.82, 2.24) is 4.90 Å². The highest BCUT2D eigenvalue weighted by Gasteiger charge is 2.80. The van der Waals surface area contributed by atoms with Crippen LogP contribution < -0.4 is 14.8 Å². The van der Waals surface area contributed by atoms with Gasteiger partial charge in [-0.2, -0.15) is 0 Å². The summed E-state index contributed by atoms with van der Waals surface area (Å²) < 4.78 is 19.8. The largest absolute Gasteiger partial charge is 0.493 e. The van der Waals surface area contributed by atoms with E-state index in [1.54, 1.807) is 7.11 Å². The number of piperidine rings is 1. The number of fused-ring (bicyclic) bond motifs is 2. The second-order valence-corrected chi connectivity index (χ2v) is 12.7. The fourth-order valence-corrected chi connectivity index (χ4v) is 9.97. The van der Waals surface area contributed by atoms with Crippen LogP contribution >= 0.6 is 0 Å². The molecule has 5 nitrogen and oxygen atoms in total. The van der Waals surface area contributed by atoms with Crippen molar-refractivity contribution in [2.24, 2.45) is 11.3 Å². The maximum atomic E-state index is 7.19. The van der Waals surface area contributed by atoms with Gasteiger partial charge in [-0.3, -0.25) is 4.90 Å². The summed E-state index contributed by atoms with van der Waals surface area (Å²) in [6.45, 7) is 5.55. The van der Waals surface area contributed by atoms with Crippen LogP contribution in [0.2, 0.25) is 0 Å². The van der Waals surface area contributed by atoms with Crippen LogP contribution in [0.3, 0.4) is 0 Å². The molecule has 2 aromatic rings. The van der Waals surface area contributed by atoms with Gasteiger partial charge in [0.25, 0.3) is 0 Å². The summed E-state index contributed by atoms with van der Waals surface area (Å²) in [5.41, 5.74) is 5.48. The van der Waals surface area contributed by atoms with E-state index in [-0.39, 0.29) is 22.5 Å². The number of anilines is 1. The molecule has 5 fully saturated rings. The monoisotopic (exact) mass is 500 g/mol. The molecule has 1 N–H and O–H groups in total. The molecule has 0 amide bonds. The van der Waals surface area contributed by atoms with Gasteiger partial charge >= 0.3 is 0 Å². The second-order valence-electron chi connectivity index (χ2n) is 12.7. The van der Waals surface area contributed by atoms with Crippen molar-refractivity contribution in [3.63, 3.8) is 0 Å². The van der Waals surface area contributed by atoms with Gasteiger partial charge in [-0.25, -0.2) is 0 Å². The quantitative estimate of drug-likeness (QED) is 0.542. The molecule has 0 unspecified atom stereocenters. The molecule has 2 aromatic carbocycles. The second kappa shape index (κ2) is 7.66. The Balaban J connectivity index is 1.32. The van der Waals surface area contributed by atoms with E-state index < -0.39 is 0 Å². The number of nitrogens with one attached hydrogen (secondary N) is 1. The number of ether oxygens (including phenoxy) is 3. The molecule has 5 aliphatic carbocycles. The third-order valence-corrected chi connectivity index (χ3v) is 11.6. The van der Waals surface area contributed by atoms with E-state index in [4.69, 9.17) is 14.2 Å². The molecule has 4 bridgehead atoms. The van der Waals surface area contributed by atoms with Crippen molar-refractivity contribution in [2.45, 2.75) is 80.9 Å². The molecule has 0 aromatic heterocycles. The molecule has 7 aliphatic rings. The van der Waals surface area contributed by atoms with Crippen LogP contribution in [0.25, 0.3) is 0 Å². The summed E-state index contributed by atoms with van der Waals surface area (Å²) >= 11 is 0. The van der Waals surface area contributed by atoms with Crippen LogP contribution in [-0.2, 0) is 16.6 Å². The van der Waals surface area contributed by atoms with Gasteiger partial charge in [-0.15, -0.1) is 0 Å².